The van der Waals surface area contributed by atoms with E-state index in [0.717, 1.165) is 17.5 Å². The Bertz CT molecular complexity index is 761. The number of benzene rings is 2. The quantitative estimate of drug-likeness (QED) is 0.472. The maximum absolute atomic E-state index is 12.3. The standard InChI is InChI=1S/C20H23NO3/c1-4-11-24-20-14(3)19(23)13(2)12-16(20)7-10-18(22)15-5-8-17(21)9-6-15/h5-10,12,23H,4,11,21H2,1-3H3/b10-7+. The average molecular weight is 325 g/mol. The normalized spacial score (nSPS) is 11.0. The van der Waals surface area contributed by atoms with E-state index in [0.29, 0.717) is 29.2 Å². The summed E-state index contributed by atoms with van der Waals surface area (Å²) in [5, 5.41) is 10.1. The lowest BCUT2D eigenvalue weighted by atomic mass is 10.0. The number of anilines is 1. The van der Waals surface area contributed by atoms with Gasteiger partial charge < -0.3 is 15.6 Å². The van der Waals surface area contributed by atoms with E-state index < -0.39 is 0 Å². The number of carbonyl (C=O) groups excluding carboxylic acids is 1. The number of nitrogen functional groups attached to an aromatic ring is 1. The zero-order chi connectivity index (χ0) is 17.7. The van der Waals surface area contributed by atoms with Crippen molar-refractivity contribution in [3.8, 4) is 11.5 Å². The highest BCUT2D eigenvalue weighted by Crippen LogP contribution is 2.35. The third-order valence-electron chi connectivity index (χ3n) is 3.76. The molecule has 24 heavy (non-hydrogen) atoms. The smallest absolute Gasteiger partial charge is 0.185 e. The van der Waals surface area contributed by atoms with Gasteiger partial charge in [0.2, 0.25) is 0 Å². The van der Waals surface area contributed by atoms with Crippen LogP contribution in [0.2, 0.25) is 0 Å². The second-order valence-electron chi connectivity index (χ2n) is 5.75. The van der Waals surface area contributed by atoms with Gasteiger partial charge in [-0.2, -0.15) is 0 Å². The molecular weight excluding hydrogens is 302 g/mol. The lowest BCUT2D eigenvalue weighted by Gasteiger charge is -2.14. The Morgan fingerprint density at radius 1 is 1.25 bits per heavy atom. The average Bonchev–Trinajstić information content (AvgIpc) is 2.57. The molecular formula is C20H23NO3. The van der Waals surface area contributed by atoms with Crippen LogP contribution in [-0.4, -0.2) is 17.5 Å². The molecule has 2 rings (SSSR count). The molecule has 2 aromatic rings. The zero-order valence-electron chi connectivity index (χ0n) is 14.3. The highest BCUT2D eigenvalue weighted by atomic mass is 16.5. The Labute approximate surface area is 142 Å². The van der Waals surface area contributed by atoms with Crippen LogP contribution >= 0.6 is 0 Å². The first kappa shape index (κ1) is 17.6. The van der Waals surface area contributed by atoms with Crippen LogP contribution in [-0.2, 0) is 0 Å². The van der Waals surface area contributed by atoms with Gasteiger partial charge >= 0.3 is 0 Å². The molecule has 0 aromatic heterocycles. The van der Waals surface area contributed by atoms with Crippen LogP contribution in [0, 0.1) is 13.8 Å². The number of carbonyl (C=O) groups is 1. The van der Waals surface area contributed by atoms with Gasteiger partial charge in [0.25, 0.3) is 0 Å². The van der Waals surface area contributed by atoms with Crippen LogP contribution in [0.4, 0.5) is 5.69 Å². The fraction of sp³-hybridized carbons (Fsp3) is 0.250. The zero-order valence-corrected chi connectivity index (χ0v) is 14.3. The van der Waals surface area contributed by atoms with Gasteiger partial charge in [-0.15, -0.1) is 0 Å². The van der Waals surface area contributed by atoms with Gasteiger partial charge in [-0.25, -0.2) is 0 Å². The van der Waals surface area contributed by atoms with Crippen LogP contribution in [0.1, 0.15) is 40.4 Å². The number of phenols is 1. The molecule has 0 radical (unpaired) electrons. The van der Waals surface area contributed by atoms with E-state index in [9.17, 15) is 9.90 Å². The van der Waals surface area contributed by atoms with E-state index in [1.807, 2.05) is 26.8 Å². The van der Waals surface area contributed by atoms with Crippen molar-refractivity contribution in [2.45, 2.75) is 27.2 Å². The Kier molecular flexibility index (Phi) is 5.64. The van der Waals surface area contributed by atoms with E-state index in [1.54, 1.807) is 30.3 Å². The largest absolute Gasteiger partial charge is 0.507 e. The molecule has 0 bridgehead atoms. The second kappa shape index (κ2) is 7.68. The molecule has 0 fully saturated rings. The van der Waals surface area contributed by atoms with Crippen molar-refractivity contribution in [1.82, 2.24) is 0 Å². The van der Waals surface area contributed by atoms with Crippen molar-refractivity contribution in [1.29, 1.82) is 0 Å². The number of phenolic OH excluding ortho intramolecular Hbond substituents is 1. The minimum absolute atomic E-state index is 0.111. The lowest BCUT2D eigenvalue weighted by Crippen LogP contribution is -2.01. The van der Waals surface area contributed by atoms with Crippen molar-refractivity contribution in [2.24, 2.45) is 0 Å². The molecule has 0 aliphatic carbocycles. The van der Waals surface area contributed by atoms with Crippen molar-refractivity contribution in [2.75, 3.05) is 12.3 Å². The van der Waals surface area contributed by atoms with Crippen molar-refractivity contribution >= 4 is 17.5 Å². The van der Waals surface area contributed by atoms with Gasteiger partial charge in [0.15, 0.2) is 5.78 Å². The van der Waals surface area contributed by atoms with E-state index >= 15 is 0 Å². The molecule has 0 unspecified atom stereocenters. The molecule has 0 heterocycles. The van der Waals surface area contributed by atoms with Gasteiger partial charge in [0.05, 0.1) is 6.61 Å². The summed E-state index contributed by atoms with van der Waals surface area (Å²) in [4.78, 5) is 12.3. The molecule has 4 heteroatoms. The van der Waals surface area contributed by atoms with Gasteiger partial charge in [-0.05, 0) is 68.3 Å². The maximum atomic E-state index is 12.3. The summed E-state index contributed by atoms with van der Waals surface area (Å²) in [7, 11) is 0. The van der Waals surface area contributed by atoms with E-state index in [4.69, 9.17) is 10.5 Å². The highest BCUT2D eigenvalue weighted by Gasteiger charge is 2.13. The van der Waals surface area contributed by atoms with Gasteiger partial charge in [0, 0.05) is 22.4 Å². The number of aromatic hydroxyl groups is 1. The van der Waals surface area contributed by atoms with Crippen LogP contribution in [0.15, 0.2) is 36.4 Å². The number of aryl methyl sites for hydroxylation is 1. The first-order chi connectivity index (χ1) is 11.4. The number of hydrogen-bond acceptors (Lipinski definition) is 4. The SMILES string of the molecule is CCCOc1c(/C=C/C(=O)c2ccc(N)cc2)cc(C)c(O)c1C. The molecule has 0 aliphatic rings. The Morgan fingerprint density at radius 2 is 1.92 bits per heavy atom. The molecule has 126 valence electrons. The molecule has 3 N–H and O–H groups in total. The number of allylic oxidation sites excluding steroid dienone is 1. The molecule has 0 amide bonds. The fourth-order valence-electron chi connectivity index (χ4n) is 2.42. The second-order valence-corrected chi connectivity index (χ2v) is 5.75. The molecule has 0 saturated carbocycles. The van der Waals surface area contributed by atoms with Crippen LogP contribution in [0.25, 0.3) is 6.08 Å². The Morgan fingerprint density at radius 3 is 2.54 bits per heavy atom. The summed E-state index contributed by atoms with van der Waals surface area (Å²) in [5.41, 5.74) is 9.04. The van der Waals surface area contributed by atoms with Crippen LogP contribution in [0.3, 0.4) is 0 Å². The molecule has 2 aromatic carbocycles. The van der Waals surface area contributed by atoms with Crippen molar-refractivity contribution < 1.29 is 14.6 Å². The number of ether oxygens (including phenoxy) is 1. The predicted molar refractivity (Wildman–Crippen MR) is 97.6 cm³/mol. The summed E-state index contributed by atoms with van der Waals surface area (Å²) in [5.74, 6) is 0.726. The van der Waals surface area contributed by atoms with Gasteiger partial charge in [0.1, 0.15) is 11.5 Å². The summed E-state index contributed by atoms with van der Waals surface area (Å²) in [6.45, 7) is 6.21. The van der Waals surface area contributed by atoms with E-state index in [1.165, 1.54) is 6.08 Å². The molecule has 0 atom stereocenters. The number of ketones is 1. The molecule has 0 saturated heterocycles. The number of nitrogens with two attached hydrogens (primary N) is 1. The molecule has 0 aliphatic heterocycles. The maximum Gasteiger partial charge on any atom is 0.185 e. The van der Waals surface area contributed by atoms with E-state index in [2.05, 4.69) is 0 Å². The predicted octanol–water partition coefficient (Wildman–Crippen LogP) is 4.28. The summed E-state index contributed by atoms with van der Waals surface area (Å²) in [6.07, 6.45) is 4.10. The monoisotopic (exact) mass is 325 g/mol. The lowest BCUT2D eigenvalue weighted by molar-refractivity contribution is 0.104. The minimum atomic E-state index is -0.111. The van der Waals surface area contributed by atoms with Crippen LogP contribution < -0.4 is 10.5 Å². The molecule has 0 spiro atoms. The molecule has 4 nitrogen and oxygen atoms in total. The minimum Gasteiger partial charge on any atom is -0.507 e. The first-order valence-electron chi connectivity index (χ1n) is 7.98. The summed E-state index contributed by atoms with van der Waals surface area (Å²) >= 11 is 0. The first-order valence-corrected chi connectivity index (χ1v) is 7.98. The number of hydrogen-bond donors (Lipinski definition) is 2. The Hall–Kier alpha value is -2.75. The van der Waals surface area contributed by atoms with Crippen molar-refractivity contribution in [3.05, 3.63) is 58.7 Å². The number of rotatable bonds is 6. The topological polar surface area (TPSA) is 72.5 Å². The summed E-state index contributed by atoms with van der Waals surface area (Å²) < 4.78 is 5.77. The fourth-order valence-corrected chi connectivity index (χ4v) is 2.42. The third kappa shape index (κ3) is 3.96. The van der Waals surface area contributed by atoms with Gasteiger partial charge in [-0.3, -0.25) is 4.79 Å². The van der Waals surface area contributed by atoms with Gasteiger partial charge in [-0.1, -0.05) is 6.92 Å². The van der Waals surface area contributed by atoms with Crippen molar-refractivity contribution in [3.63, 3.8) is 0 Å². The van der Waals surface area contributed by atoms with E-state index in [-0.39, 0.29) is 11.5 Å². The Balaban J connectivity index is 2.33. The van der Waals surface area contributed by atoms with Crippen LogP contribution in [0.5, 0.6) is 11.5 Å². The highest BCUT2D eigenvalue weighted by molar-refractivity contribution is 6.07. The third-order valence-corrected chi connectivity index (χ3v) is 3.76. The summed E-state index contributed by atoms with van der Waals surface area (Å²) in [6, 6.07) is 8.62.